The lowest BCUT2D eigenvalue weighted by atomic mass is 10.5. The molecule has 0 aliphatic rings. The summed E-state index contributed by atoms with van der Waals surface area (Å²) in [4.78, 5) is 10.5. The average Bonchev–Trinajstić information content (AvgIpc) is 2.72. The molecule has 3 N–H and O–H groups in total. The van der Waals surface area contributed by atoms with Gasteiger partial charge < -0.3 is 16.0 Å². The first-order chi connectivity index (χ1) is 7.63. The second-order valence-electron chi connectivity index (χ2n) is 3.39. The zero-order valence-corrected chi connectivity index (χ0v) is 10.4. The van der Waals surface area contributed by atoms with Crippen molar-refractivity contribution in [3.63, 3.8) is 0 Å². The normalized spacial score (nSPS) is 11.2. The number of nitrogens with two attached hydrogens (primary N) is 1. The molecule has 5 nitrogen and oxygen atoms in total. The molecular weight excluding hydrogens is 222 g/mol. The molecule has 6 heteroatoms. The van der Waals surface area contributed by atoms with Crippen molar-refractivity contribution in [2.45, 2.75) is 6.54 Å². The molecule has 0 aromatic carbocycles. The van der Waals surface area contributed by atoms with E-state index in [4.69, 9.17) is 5.73 Å². The van der Waals surface area contributed by atoms with Crippen molar-refractivity contribution < 1.29 is 0 Å². The third-order valence-corrected chi connectivity index (χ3v) is 2.82. The highest BCUT2D eigenvalue weighted by Gasteiger charge is 2.02. The Labute approximate surface area is 99.7 Å². The maximum atomic E-state index is 5.63. The van der Waals surface area contributed by atoms with Gasteiger partial charge >= 0.3 is 0 Å². The quantitative estimate of drug-likeness (QED) is 0.453. The molecule has 0 aliphatic heterocycles. The van der Waals surface area contributed by atoms with E-state index in [9.17, 15) is 0 Å². The van der Waals surface area contributed by atoms with Crippen molar-refractivity contribution in [2.24, 2.45) is 10.7 Å². The van der Waals surface area contributed by atoms with Crippen LogP contribution in [-0.2, 0) is 6.54 Å². The number of hydrogen-bond donors (Lipinski definition) is 2. The van der Waals surface area contributed by atoms with Crippen molar-refractivity contribution in [3.05, 3.63) is 23.7 Å². The molecular formula is C10H17N5S. The molecule has 0 amide bonds. The molecule has 0 atom stereocenters. The van der Waals surface area contributed by atoms with E-state index in [-0.39, 0.29) is 0 Å². The van der Waals surface area contributed by atoms with E-state index in [2.05, 4.69) is 21.9 Å². The first-order valence-corrected chi connectivity index (χ1v) is 5.78. The number of hydrogen-bond acceptors (Lipinski definition) is 4. The highest BCUT2D eigenvalue weighted by molar-refractivity contribution is 7.13. The van der Waals surface area contributed by atoms with Gasteiger partial charge in [-0.1, -0.05) is 6.08 Å². The van der Waals surface area contributed by atoms with E-state index in [1.165, 1.54) is 0 Å². The number of aromatic nitrogens is 1. The zero-order valence-electron chi connectivity index (χ0n) is 9.60. The van der Waals surface area contributed by atoms with E-state index >= 15 is 0 Å². The summed E-state index contributed by atoms with van der Waals surface area (Å²) in [6, 6.07) is 0. The van der Waals surface area contributed by atoms with E-state index in [1.54, 1.807) is 17.4 Å². The Balaban J connectivity index is 2.50. The van der Waals surface area contributed by atoms with Crippen molar-refractivity contribution >= 4 is 22.4 Å². The minimum atomic E-state index is 0.416. The second kappa shape index (κ2) is 6.12. The fourth-order valence-electron chi connectivity index (χ4n) is 0.973. The molecule has 0 aliphatic carbocycles. The molecule has 0 saturated carbocycles. The minimum absolute atomic E-state index is 0.416. The Kier molecular flexibility index (Phi) is 4.78. The number of aliphatic imine (C=N–C) groups is 1. The van der Waals surface area contributed by atoms with Gasteiger partial charge in [-0.3, -0.25) is 0 Å². The van der Waals surface area contributed by atoms with Crippen molar-refractivity contribution in [2.75, 3.05) is 25.5 Å². The van der Waals surface area contributed by atoms with E-state index in [0.29, 0.717) is 19.0 Å². The molecule has 0 spiro atoms. The molecule has 0 radical (unpaired) electrons. The molecule has 1 aromatic rings. The van der Waals surface area contributed by atoms with Crippen LogP contribution >= 0.6 is 11.3 Å². The summed E-state index contributed by atoms with van der Waals surface area (Å²) in [5, 5.41) is 5.87. The second-order valence-corrected chi connectivity index (χ2v) is 4.22. The standard InChI is InChI=1S/C10H17N5S/c1-4-5-12-9(11)13-6-8-7-16-10(14-8)15(2)3/h4,7H,1,5-6H2,2-3H3,(H3,11,12,13). The van der Waals surface area contributed by atoms with E-state index in [0.717, 1.165) is 10.8 Å². The SMILES string of the molecule is C=CCNC(N)=NCc1csc(N(C)C)n1. The minimum Gasteiger partial charge on any atom is -0.370 e. The van der Waals surface area contributed by atoms with Gasteiger partial charge in [-0.2, -0.15) is 0 Å². The topological polar surface area (TPSA) is 66.5 Å². The Morgan fingerprint density at radius 3 is 3.06 bits per heavy atom. The summed E-state index contributed by atoms with van der Waals surface area (Å²) >= 11 is 1.60. The van der Waals surface area contributed by atoms with Crippen LogP contribution in [0.15, 0.2) is 23.0 Å². The summed E-state index contributed by atoms with van der Waals surface area (Å²) in [5.74, 6) is 0.416. The Morgan fingerprint density at radius 1 is 1.75 bits per heavy atom. The molecule has 1 rings (SSSR count). The number of guanidine groups is 1. The van der Waals surface area contributed by atoms with Crippen molar-refractivity contribution in [1.82, 2.24) is 10.3 Å². The number of rotatable bonds is 5. The van der Waals surface area contributed by atoms with Gasteiger partial charge in [-0.05, 0) is 0 Å². The maximum absolute atomic E-state index is 5.63. The number of nitrogens with one attached hydrogen (secondary N) is 1. The third-order valence-electron chi connectivity index (χ3n) is 1.76. The monoisotopic (exact) mass is 239 g/mol. The molecule has 0 bridgehead atoms. The van der Waals surface area contributed by atoms with Crippen molar-refractivity contribution in [3.8, 4) is 0 Å². The van der Waals surface area contributed by atoms with Crippen molar-refractivity contribution in [1.29, 1.82) is 0 Å². The molecule has 0 unspecified atom stereocenters. The summed E-state index contributed by atoms with van der Waals surface area (Å²) in [7, 11) is 3.93. The van der Waals surface area contributed by atoms with E-state index < -0.39 is 0 Å². The first kappa shape index (κ1) is 12.5. The van der Waals surface area contributed by atoms with Gasteiger partial charge in [0.25, 0.3) is 0 Å². The van der Waals surface area contributed by atoms with Gasteiger partial charge in [0.1, 0.15) is 0 Å². The third kappa shape index (κ3) is 3.90. The molecule has 16 heavy (non-hydrogen) atoms. The largest absolute Gasteiger partial charge is 0.370 e. The number of anilines is 1. The van der Waals surface area contributed by atoms with Crippen LogP contribution in [0.2, 0.25) is 0 Å². The summed E-state index contributed by atoms with van der Waals surface area (Å²) in [5.41, 5.74) is 6.56. The summed E-state index contributed by atoms with van der Waals surface area (Å²) in [6.07, 6.45) is 1.73. The molecule has 1 heterocycles. The lowest BCUT2D eigenvalue weighted by molar-refractivity contribution is 0.944. The zero-order chi connectivity index (χ0) is 12.0. The Morgan fingerprint density at radius 2 is 2.50 bits per heavy atom. The van der Waals surface area contributed by atoms with Crippen LogP contribution in [0, 0.1) is 0 Å². The number of thiazole rings is 1. The van der Waals surface area contributed by atoms with E-state index in [1.807, 2.05) is 24.4 Å². The van der Waals surface area contributed by atoms with Crippen LogP contribution in [0.25, 0.3) is 0 Å². The number of nitrogens with zero attached hydrogens (tertiary/aromatic N) is 3. The predicted octanol–water partition coefficient (Wildman–Crippen LogP) is 0.799. The van der Waals surface area contributed by atoms with Crippen LogP contribution in [0.5, 0.6) is 0 Å². The van der Waals surface area contributed by atoms with Gasteiger partial charge in [0.2, 0.25) is 0 Å². The molecule has 0 saturated heterocycles. The first-order valence-electron chi connectivity index (χ1n) is 4.90. The lowest BCUT2D eigenvalue weighted by Crippen LogP contribution is -2.31. The smallest absolute Gasteiger partial charge is 0.189 e. The molecule has 0 fully saturated rings. The maximum Gasteiger partial charge on any atom is 0.189 e. The highest BCUT2D eigenvalue weighted by atomic mass is 32.1. The highest BCUT2D eigenvalue weighted by Crippen LogP contribution is 2.18. The fraction of sp³-hybridized carbons (Fsp3) is 0.400. The van der Waals surface area contributed by atoms with Crippen LogP contribution in [0.3, 0.4) is 0 Å². The average molecular weight is 239 g/mol. The van der Waals surface area contributed by atoms with Crippen LogP contribution in [0.4, 0.5) is 5.13 Å². The molecule has 1 aromatic heterocycles. The predicted molar refractivity (Wildman–Crippen MR) is 70.0 cm³/mol. The van der Waals surface area contributed by atoms with Gasteiger partial charge in [0, 0.05) is 26.0 Å². The Hall–Kier alpha value is -1.56. The summed E-state index contributed by atoms with van der Waals surface area (Å²) in [6.45, 7) is 4.71. The van der Waals surface area contributed by atoms with Crippen LogP contribution in [0.1, 0.15) is 5.69 Å². The summed E-state index contributed by atoms with van der Waals surface area (Å²) < 4.78 is 0. The van der Waals surface area contributed by atoms with Gasteiger partial charge in [-0.25, -0.2) is 9.98 Å². The van der Waals surface area contributed by atoms with Gasteiger partial charge in [-0.15, -0.1) is 17.9 Å². The van der Waals surface area contributed by atoms with Gasteiger partial charge in [0.05, 0.1) is 12.2 Å². The van der Waals surface area contributed by atoms with Gasteiger partial charge in [0.15, 0.2) is 11.1 Å². The van der Waals surface area contributed by atoms with Crippen LogP contribution < -0.4 is 16.0 Å². The fourth-order valence-corrected chi connectivity index (χ4v) is 1.72. The van der Waals surface area contributed by atoms with Crippen LogP contribution in [-0.4, -0.2) is 31.6 Å². The lowest BCUT2D eigenvalue weighted by Gasteiger charge is -2.05. The Bertz CT molecular complexity index is 369. The molecule has 88 valence electrons.